The van der Waals surface area contributed by atoms with E-state index in [0.29, 0.717) is 12.1 Å². The molecule has 0 unspecified atom stereocenters. The summed E-state index contributed by atoms with van der Waals surface area (Å²) in [7, 11) is 0. The van der Waals surface area contributed by atoms with Gasteiger partial charge in [0.15, 0.2) is 0 Å². The number of hydrogen-bond acceptors (Lipinski definition) is 2. The minimum absolute atomic E-state index is 0.463. The predicted molar refractivity (Wildman–Crippen MR) is 85.3 cm³/mol. The van der Waals surface area contributed by atoms with Crippen LogP contribution >= 0.6 is 0 Å². The second-order valence-electron chi connectivity index (χ2n) is 7.30. The molecule has 2 atom stereocenters. The summed E-state index contributed by atoms with van der Waals surface area (Å²) in [6.45, 7) is 3.55. The van der Waals surface area contributed by atoms with Crippen LogP contribution in [0.25, 0.3) is 0 Å². The van der Waals surface area contributed by atoms with Crippen LogP contribution in [0, 0.1) is 11.8 Å². The van der Waals surface area contributed by atoms with Gasteiger partial charge in [0.1, 0.15) is 0 Å². The summed E-state index contributed by atoms with van der Waals surface area (Å²) < 4.78 is 6.30. The van der Waals surface area contributed by atoms with Gasteiger partial charge in [-0.2, -0.15) is 0 Å². The highest BCUT2D eigenvalue weighted by atomic mass is 16.5. The molecule has 2 saturated carbocycles. The van der Waals surface area contributed by atoms with Gasteiger partial charge in [0.25, 0.3) is 0 Å². The van der Waals surface area contributed by atoms with E-state index in [1.165, 1.54) is 50.8 Å². The van der Waals surface area contributed by atoms with Crippen LogP contribution in [0.3, 0.4) is 0 Å². The molecule has 1 aromatic carbocycles. The molecule has 0 aromatic heterocycles. The van der Waals surface area contributed by atoms with E-state index < -0.39 is 0 Å². The molecule has 0 bridgehead atoms. The summed E-state index contributed by atoms with van der Waals surface area (Å²) >= 11 is 0. The van der Waals surface area contributed by atoms with Crippen molar-refractivity contribution in [1.29, 1.82) is 0 Å². The second-order valence-corrected chi connectivity index (χ2v) is 7.30. The predicted octanol–water partition coefficient (Wildman–Crippen LogP) is 3.51. The van der Waals surface area contributed by atoms with E-state index in [9.17, 15) is 0 Å². The third-order valence-electron chi connectivity index (χ3n) is 5.32. The lowest BCUT2D eigenvalue weighted by atomic mass is 10.0. The monoisotopic (exact) mass is 285 g/mol. The highest BCUT2D eigenvalue weighted by molar-refractivity contribution is 5.17. The molecule has 1 saturated heterocycles. The largest absolute Gasteiger partial charge is 0.376 e. The second kappa shape index (κ2) is 6.10. The first kappa shape index (κ1) is 13.8. The fourth-order valence-corrected chi connectivity index (χ4v) is 3.60. The molecule has 114 valence electrons. The van der Waals surface area contributed by atoms with E-state index in [4.69, 9.17) is 4.74 Å². The van der Waals surface area contributed by atoms with Gasteiger partial charge in [-0.05, 0) is 55.9 Å². The minimum Gasteiger partial charge on any atom is -0.376 e. The van der Waals surface area contributed by atoms with Crippen molar-refractivity contribution in [2.24, 2.45) is 11.8 Å². The highest BCUT2D eigenvalue weighted by Gasteiger charge is 2.38. The van der Waals surface area contributed by atoms with Gasteiger partial charge in [0, 0.05) is 25.7 Å². The van der Waals surface area contributed by atoms with Crippen LogP contribution in [0.4, 0.5) is 0 Å². The Kier molecular flexibility index (Phi) is 4.00. The molecular weight excluding hydrogens is 258 g/mol. The summed E-state index contributed by atoms with van der Waals surface area (Å²) in [5.41, 5.74) is 1.46. The Morgan fingerprint density at radius 2 is 1.71 bits per heavy atom. The fraction of sp³-hybridized carbons (Fsp3) is 0.684. The van der Waals surface area contributed by atoms with E-state index in [1.807, 2.05) is 0 Å². The van der Waals surface area contributed by atoms with Crippen LogP contribution in [0.15, 0.2) is 30.3 Å². The summed E-state index contributed by atoms with van der Waals surface area (Å²) in [5, 5.41) is 0. The molecule has 1 heterocycles. The third-order valence-corrected chi connectivity index (χ3v) is 5.32. The van der Waals surface area contributed by atoms with Gasteiger partial charge in [-0.3, -0.25) is 4.90 Å². The van der Waals surface area contributed by atoms with E-state index in [0.717, 1.165) is 24.9 Å². The fourth-order valence-electron chi connectivity index (χ4n) is 3.60. The van der Waals surface area contributed by atoms with Gasteiger partial charge in [0.05, 0.1) is 6.10 Å². The van der Waals surface area contributed by atoms with Crippen LogP contribution in [0.1, 0.15) is 37.7 Å². The SMILES string of the molecule is c1ccc(C[C@@H]2[C@@H](OCC3CC3)CCN2CC2CC2)cc1. The van der Waals surface area contributed by atoms with Crippen molar-refractivity contribution in [1.82, 2.24) is 4.90 Å². The zero-order chi connectivity index (χ0) is 14.1. The normalized spacial score (nSPS) is 29.9. The number of nitrogens with zero attached hydrogens (tertiary/aromatic N) is 1. The van der Waals surface area contributed by atoms with Crippen molar-refractivity contribution < 1.29 is 4.74 Å². The Balaban J connectivity index is 1.41. The standard InChI is InChI=1S/C19H27NO/c1-2-4-15(5-3-1)12-18-19(21-14-17-8-9-17)10-11-20(18)13-16-6-7-16/h1-5,16-19H,6-14H2/t18-,19+/m1/s1. The molecular formula is C19H27NO. The number of ether oxygens (including phenoxy) is 1. The average molecular weight is 285 g/mol. The van der Waals surface area contributed by atoms with E-state index >= 15 is 0 Å². The molecule has 0 N–H and O–H groups in total. The molecule has 1 aromatic rings. The van der Waals surface area contributed by atoms with Gasteiger partial charge >= 0.3 is 0 Å². The number of hydrogen-bond donors (Lipinski definition) is 0. The van der Waals surface area contributed by atoms with Gasteiger partial charge in [-0.25, -0.2) is 0 Å². The molecule has 0 radical (unpaired) electrons. The Morgan fingerprint density at radius 3 is 2.43 bits per heavy atom. The molecule has 2 nitrogen and oxygen atoms in total. The summed E-state index contributed by atoms with van der Waals surface area (Å²) in [4.78, 5) is 2.72. The van der Waals surface area contributed by atoms with Crippen molar-refractivity contribution in [3.05, 3.63) is 35.9 Å². The van der Waals surface area contributed by atoms with Crippen molar-refractivity contribution in [2.45, 2.75) is 50.7 Å². The topological polar surface area (TPSA) is 12.5 Å². The quantitative estimate of drug-likeness (QED) is 0.760. The molecule has 3 aliphatic rings. The Bertz CT molecular complexity index is 452. The Hall–Kier alpha value is -0.860. The van der Waals surface area contributed by atoms with Crippen LogP contribution in [-0.4, -0.2) is 36.7 Å². The first-order valence-electron chi connectivity index (χ1n) is 8.78. The van der Waals surface area contributed by atoms with Crippen molar-refractivity contribution >= 4 is 0 Å². The molecule has 2 heteroatoms. The third kappa shape index (κ3) is 3.67. The Labute approximate surface area is 128 Å². The number of likely N-dealkylation sites (tertiary alicyclic amines) is 1. The lowest BCUT2D eigenvalue weighted by Gasteiger charge is -2.28. The number of benzene rings is 1. The Morgan fingerprint density at radius 1 is 0.952 bits per heavy atom. The van der Waals surface area contributed by atoms with Gasteiger partial charge in [0.2, 0.25) is 0 Å². The molecule has 0 amide bonds. The average Bonchev–Trinajstić information content (AvgIpc) is 3.41. The first-order chi connectivity index (χ1) is 10.4. The molecule has 21 heavy (non-hydrogen) atoms. The maximum atomic E-state index is 6.30. The van der Waals surface area contributed by atoms with E-state index in [2.05, 4.69) is 35.2 Å². The molecule has 2 aliphatic carbocycles. The van der Waals surface area contributed by atoms with Crippen molar-refractivity contribution in [3.63, 3.8) is 0 Å². The van der Waals surface area contributed by atoms with E-state index in [-0.39, 0.29) is 0 Å². The minimum atomic E-state index is 0.463. The van der Waals surface area contributed by atoms with Gasteiger partial charge < -0.3 is 4.74 Å². The maximum Gasteiger partial charge on any atom is 0.0745 e. The van der Waals surface area contributed by atoms with Crippen molar-refractivity contribution in [2.75, 3.05) is 19.7 Å². The molecule has 4 rings (SSSR count). The van der Waals surface area contributed by atoms with Crippen LogP contribution in [0.2, 0.25) is 0 Å². The maximum absolute atomic E-state index is 6.30. The number of rotatable bonds is 7. The lowest BCUT2D eigenvalue weighted by Crippen LogP contribution is -2.39. The van der Waals surface area contributed by atoms with Gasteiger partial charge in [-0.15, -0.1) is 0 Å². The molecule has 0 spiro atoms. The van der Waals surface area contributed by atoms with Crippen LogP contribution in [-0.2, 0) is 11.2 Å². The lowest BCUT2D eigenvalue weighted by molar-refractivity contribution is 0.0202. The molecule has 3 fully saturated rings. The molecule has 1 aliphatic heterocycles. The van der Waals surface area contributed by atoms with Gasteiger partial charge in [-0.1, -0.05) is 30.3 Å². The zero-order valence-corrected chi connectivity index (χ0v) is 12.9. The summed E-state index contributed by atoms with van der Waals surface area (Å²) in [5.74, 6) is 1.85. The van der Waals surface area contributed by atoms with Crippen LogP contribution < -0.4 is 0 Å². The van der Waals surface area contributed by atoms with Crippen molar-refractivity contribution in [3.8, 4) is 0 Å². The highest BCUT2D eigenvalue weighted by Crippen LogP contribution is 2.35. The smallest absolute Gasteiger partial charge is 0.0745 e. The summed E-state index contributed by atoms with van der Waals surface area (Å²) in [6, 6.07) is 11.6. The van der Waals surface area contributed by atoms with E-state index in [1.54, 1.807) is 0 Å². The zero-order valence-electron chi connectivity index (χ0n) is 12.9. The van der Waals surface area contributed by atoms with Crippen LogP contribution in [0.5, 0.6) is 0 Å². The first-order valence-corrected chi connectivity index (χ1v) is 8.78. The summed E-state index contributed by atoms with van der Waals surface area (Å²) in [6.07, 6.45) is 8.53.